The number of carbonyl (C=O) groups is 2. The van der Waals surface area contributed by atoms with Gasteiger partial charge in [-0.3, -0.25) is 14.0 Å². The second-order valence-corrected chi connectivity index (χ2v) is 7.10. The maximum atomic E-state index is 12.8. The van der Waals surface area contributed by atoms with Gasteiger partial charge in [0, 0.05) is 38.1 Å². The Hall–Kier alpha value is -3.80. The van der Waals surface area contributed by atoms with E-state index in [1.165, 1.54) is 0 Å². The van der Waals surface area contributed by atoms with Gasteiger partial charge in [0.2, 0.25) is 11.7 Å². The van der Waals surface area contributed by atoms with Crippen LogP contribution in [0, 0.1) is 6.92 Å². The summed E-state index contributed by atoms with van der Waals surface area (Å²) in [5.41, 5.74) is 1.11. The zero-order valence-corrected chi connectivity index (χ0v) is 18.1. The van der Waals surface area contributed by atoms with Crippen LogP contribution in [0.1, 0.15) is 29.9 Å². The van der Waals surface area contributed by atoms with Gasteiger partial charge in [-0.15, -0.1) is 0 Å². The Balaban J connectivity index is 0.000000913. The first-order valence-corrected chi connectivity index (χ1v) is 10.1. The molecular weight excluding hydrogens is 416 g/mol. The number of rotatable bonds is 5. The van der Waals surface area contributed by atoms with Crippen molar-refractivity contribution < 1.29 is 19.4 Å². The molecule has 1 unspecified atom stereocenters. The normalized spacial score (nSPS) is 15.6. The molecule has 0 radical (unpaired) electrons. The van der Waals surface area contributed by atoms with Gasteiger partial charge in [-0.1, -0.05) is 0 Å². The van der Waals surface area contributed by atoms with Gasteiger partial charge in [0.15, 0.2) is 5.82 Å². The molecule has 0 bridgehead atoms. The fraction of sp³-hybridized carbons (Fsp3) is 0.400. The summed E-state index contributed by atoms with van der Waals surface area (Å²) in [7, 11) is 0. The zero-order valence-electron chi connectivity index (χ0n) is 18.1. The van der Waals surface area contributed by atoms with Crippen molar-refractivity contribution in [2.45, 2.75) is 26.8 Å². The number of imidazole rings is 1. The number of carbonyl (C=O) groups excluding carboxylic acids is 1. The first-order valence-electron chi connectivity index (χ1n) is 10.1. The monoisotopic (exact) mass is 442 g/mol. The van der Waals surface area contributed by atoms with Gasteiger partial charge in [-0.25, -0.2) is 15.0 Å². The molecule has 3 aromatic rings. The smallest absolute Gasteiger partial charge is 0.290 e. The molecule has 0 saturated carbocycles. The third-order valence-corrected chi connectivity index (χ3v) is 4.63. The van der Waals surface area contributed by atoms with Crippen LogP contribution in [0.2, 0.25) is 0 Å². The molecule has 12 nitrogen and oxygen atoms in total. The van der Waals surface area contributed by atoms with Crippen LogP contribution in [0.3, 0.4) is 0 Å². The Labute approximate surface area is 184 Å². The highest BCUT2D eigenvalue weighted by molar-refractivity contribution is 6.05. The summed E-state index contributed by atoms with van der Waals surface area (Å²) in [6.07, 6.45) is 6.70. The lowest BCUT2D eigenvalue weighted by atomic mass is 10.2. The number of carboxylic acid groups (broad SMARTS) is 1. The molecule has 0 aromatic carbocycles. The standard InChI is InChI=1S/C19H24N8O2.CH2O2/c1-4-29-18-14(11-27-10-13(3)23-19(27)25-18)17(28)24-15-7-22-16(8-21-15)26-6-5-20-12(2)9-26;2-1-3/h7-8,10-12,20H,4-6,9H2,1-3H3,(H,21,24,28);1H,(H,2,3). The van der Waals surface area contributed by atoms with Gasteiger partial charge in [0.25, 0.3) is 12.4 Å². The minimum Gasteiger partial charge on any atom is -0.483 e. The van der Waals surface area contributed by atoms with Crippen molar-refractivity contribution in [2.24, 2.45) is 0 Å². The van der Waals surface area contributed by atoms with Crippen LogP contribution < -0.4 is 20.3 Å². The Morgan fingerprint density at radius 3 is 2.78 bits per heavy atom. The van der Waals surface area contributed by atoms with Gasteiger partial charge in [-0.2, -0.15) is 4.98 Å². The van der Waals surface area contributed by atoms with Crippen LogP contribution in [0.4, 0.5) is 11.6 Å². The van der Waals surface area contributed by atoms with Gasteiger partial charge in [0.05, 0.1) is 24.7 Å². The molecule has 32 heavy (non-hydrogen) atoms. The van der Waals surface area contributed by atoms with Crippen molar-refractivity contribution in [3.8, 4) is 5.88 Å². The summed E-state index contributed by atoms with van der Waals surface area (Å²) < 4.78 is 7.25. The Bertz CT molecular complexity index is 1070. The lowest BCUT2D eigenvalue weighted by Gasteiger charge is -2.32. The van der Waals surface area contributed by atoms with Crippen LogP contribution in [-0.2, 0) is 4.79 Å². The third kappa shape index (κ3) is 5.46. The summed E-state index contributed by atoms with van der Waals surface area (Å²) in [6.45, 7) is 8.63. The average Bonchev–Trinajstić information content (AvgIpc) is 3.13. The maximum Gasteiger partial charge on any atom is 0.290 e. The number of aryl methyl sites for hydroxylation is 1. The van der Waals surface area contributed by atoms with E-state index in [4.69, 9.17) is 14.6 Å². The first-order chi connectivity index (χ1) is 15.4. The predicted molar refractivity (Wildman–Crippen MR) is 117 cm³/mol. The number of anilines is 2. The van der Waals surface area contributed by atoms with Crippen LogP contribution in [-0.4, -0.2) is 74.1 Å². The minimum absolute atomic E-state index is 0.238. The van der Waals surface area contributed by atoms with E-state index in [0.29, 0.717) is 29.8 Å². The summed E-state index contributed by atoms with van der Waals surface area (Å²) in [5, 5.41) is 13.1. The summed E-state index contributed by atoms with van der Waals surface area (Å²) >= 11 is 0. The quantitative estimate of drug-likeness (QED) is 0.488. The molecule has 1 amide bonds. The number of aromatic nitrogens is 5. The highest BCUT2D eigenvalue weighted by Gasteiger charge is 2.19. The number of ether oxygens (including phenoxy) is 1. The molecule has 170 valence electrons. The van der Waals surface area contributed by atoms with E-state index in [1.807, 2.05) is 13.8 Å². The molecule has 4 heterocycles. The molecule has 1 atom stereocenters. The van der Waals surface area contributed by atoms with Crippen LogP contribution in [0.5, 0.6) is 5.88 Å². The number of piperazine rings is 1. The summed E-state index contributed by atoms with van der Waals surface area (Å²) in [5.74, 6) is 1.51. The van der Waals surface area contributed by atoms with Crippen LogP contribution in [0.25, 0.3) is 5.78 Å². The van der Waals surface area contributed by atoms with Crippen molar-refractivity contribution >= 4 is 29.8 Å². The van der Waals surface area contributed by atoms with Crippen molar-refractivity contribution in [1.29, 1.82) is 0 Å². The lowest BCUT2D eigenvalue weighted by molar-refractivity contribution is -0.122. The van der Waals surface area contributed by atoms with E-state index >= 15 is 0 Å². The second kappa shape index (κ2) is 10.5. The number of amides is 1. The number of nitrogens with zero attached hydrogens (tertiary/aromatic N) is 6. The molecule has 1 fully saturated rings. The van der Waals surface area contributed by atoms with E-state index in [0.717, 1.165) is 31.1 Å². The lowest BCUT2D eigenvalue weighted by Crippen LogP contribution is -2.49. The van der Waals surface area contributed by atoms with Gasteiger partial charge in [-0.05, 0) is 20.8 Å². The average molecular weight is 442 g/mol. The van der Waals surface area contributed by atoms with E-state index in [2.05, 4.69) is 42.4 Å². The highest BCUT2D eigenvalue weighted by atomic mass is 16.5. The molecule has 12 heteroatoms. The fourth-order valence-electron chi connectivity index (χ4n) is 3.30. The largest absolute Gasteiger partial charge is 0.483 e. The van der Waals surface area contributed by atoms with E-state index in [-0.39, 0.29) is 18.3 Å². The number of nitrogens with one attached hydrogen (secondary N) is 2. The topological polar surface area (TPSA) is 147 Å². The Kier molecular flexibility index (Phi) is 7.49. The number of hydrogen-bond donors (Lipinski definition) is 3. The van der Waals surface area contributed by atoms with Crippen LogP contribution >= 0.6 is 0 Å². The van der Waals surface area contributed by atoms with E-state index in [1.54, 1.807) is 29.2 Å². The highest BCUT2D eigenvalue weighted by Crippen LogP contribution is 2.19. The summed E-state index contributed by atoms with van der Waals surface area (Å²) in [4.78, 5) is 40.8. The van der Waals surface area contributed by atoms with E-state index in [9.17, 15) is 4.79 Å². The third-order valence-electron chi connectivity index (χ3n) is 4.63. The SMILES string of the molecule is CCOc1nc2nc(C)cn2cc1C(=O)Nc1cnc(N2CCNC(C)C2)cn1.O=CO. The molecular formula is C20H26N8O4. The molecule has 1 aliphatic heterocycles. The van der Waals surface area contributed by atoms with Gasteiger partial charge >= 0.3 is 0 Å². The van der Waals surface area contributed by atoms with E-state index < -0.39 is 0 Å². The molecule has 0 aliphatic carbocycles. The van der Waals surface area contributed by atoms with Crippen molar-refractivity contribution in [1.82, 2.24) is 29.7 Å². The Morgan fingerprint density at radius 1 is 1.34 bits per heavy atom. The molecule has 3 aromatic heterocycles. The molecule has 1 saturated heterocycles. The minimum atomic E-state index is -0.368. The van der Waals surface area contributed by atoms with Crippen LogP contribution in [0.15, 0.2) is 24.8 Å². The van der Waals surface area contributed by atoms with Gasteiger partial charge < -0.3 is 25.4 Å². The molecule has 3 N–H and O–H groups in total. The zero-order chi connectivity index (χ0) is 23.1. The first kappa shape index (κ1) is 22.9. The van der Waals surface area contributed by atoms with Gasteiger partial charge in [0.1, 0.15) is 11.4 Å². The number of fused-ring (bicyclic) bond motifs is 1. The predicted octanol–water partition coefficient (Wildman–Crippen LogP) is 0.978. The Morgan fingerprint density at radius 2 is 2.12 bits per heavy atom. The maximum absolute atomic E-state index is 12.8. The fourth-order valence-corrected chi connectivity index (χ4v) is 3.30. The molecule has 0 spiro atoms. The summed E-state index contributed by atoms with van der Waals surface area (Å²) in [6, 6.07) is 0.399. The van der Waals surface area contributed by atoms with Crippen molar-refractivity contribution in [3.63, 3.8) is 0 Å². The number of hydrogen-bond acceptors (Lipinski definition) is 9. The second-order valence-electron chi connectivity index (χ2n) is 7.10. The molecule has 1 aliphatic rings. The van der Waals surface area contributed by atoms with Crippen molar-refractivity contribution in [2.75, 3.05) is 36.5 Å². The van der Waals surface area contributed by atoms with Crippen molar-refractivity contribution in [3.05, 3.63) is 36.0 Å². The molecule has 4 rings (SSSR count).